The first kappa shape index (κ1) is 15.7. The van der Waals surface area contributed by atoms with Crippen LogP contribution in [0.15, 0.2) is 18.2 Å². The zero-order chi connectivity index (χ0) is 14.6. The number of benzene rings is 1. The van der Waals surface area contributed by atoms with Gasteiger partial charge in [-0.2, -0.15) is 0 Å². The smallest absolute Gasteiger partial charge is 0.236 e. The molecule has 0 fully saturated rings. The van der Waals surface area contributed by atoms with Crippen LogP contribution in [-0.4, -0.2) is 31.4 Å². The number of rotatable bonds is 4. The molecule has 3 heteroatoms. The summed E-state index contributed by atoms with van der Waals surface area (Å²) < 4.78 is 0. The summed E-state index contributed by atoms with van der Waals surface area (Å²) in [6.45, 7) is 9.80. The third-order valence-electron chi connectivity index (χ3n) is 3.37. The Kier molecular flexibility index (Phi) is 5.12. The number of nitrogens with one attached hydrogen (secondary N) is 1. The highest BCUT2D eigenvalue weighted by molar-refractivity contribution is 5.77. The van der Waals surface area contributed by atoms with Crippen molar-refractivity contribution in [3.8, 4) is 0 Å². The van der Waals surface area contributed by atoms with E-state index in [2.05, 4.69) is 51.2 Å². The molecule has 0 heterocycles. The van der Waals surface area contributed by atoms with Gasteiger partial charge in [-0.1, -0.05) is 39.0 Å². The molecule has 1 aromatic rings. The molecule has 19 heavy (non-hydrogen) atoms. The third-order valence-corrected chi connectivity index (χ3v) is 3.37. The molecule has 1 aromatic carbocycles. The summed E-state index contributed by atoms with van der Waals surface area (Å²) in [4.78, 5) is 13.5. The molecule has 0 aliphatic heterocycles. The lowest BCUT2D eigenvalue weighted by Gasteiger charge is -2.22. The second kappa shape index (κ2) is 6.20. The number of likely N-dealkylation sites (N-methyl/N-ethyl adjacent to an activating group) is 2. The van der Waals surface area contributed by atoms with E-state index in [9.17, 15) is 4.79 Å². The van der Waals surface area contributed by atoms with E-state index < -0.39 is 0 Å². The summed E-state index contributed by atoms with van der Waals surface area (Å²) in [5, 5.41) is 2.89. The maximum atomic E-state index is 11.7. The summed E-state index contributed by atoms with van der Waals surface area (Å²) >= 11 is 0. The largest absolute Gasteiger partial charge is 0.340 e. The lowest BCUT2D eigenvalue weighted by Crippen LogP contribution is -2.33. The van der Waals surface area contributed by atoms with Crippen molar-refractivity contribution >= 4 is 5.91 Å². The zero-order valence-corrected chi connectivity index (χ0v) is 13.0. The van der Waals surface area contributed by atoms with Gasteiger partial charge in [0, 0.05) is 13.6 Å². The number of carbonyl (C=O) groups excluding carboxylic acids is 1. The molecule has 0 saturated carbocycles. The van der Waals surface area contributed by atoms with Gasteiger partial charge in [0.2, 0.25) is 5.91 Å². The fourth-order valence-electron chi connectivity index (χ4n) is 1.97. The quantitative estimate of drug-likeness (QED) is 0.904. The molecular formula is C16H26N2O. The number of hydrogen-bond acceptors (Lipinski definition) is 2. The van der Waals surface area contributed by atoms with Gasteiger partial charge >= 0.3 is 0 Å². The van der Waals surface area contributed by atoms with Crippen molar-refractivity contribution in [1.82, 2.24) is 10.2 Å². The van der Waals surface area contributed by atoms with Crippen molar-refractivity contribution in [3.05, 3.63) is 34.9 Å². The van der Waals surface area contributed by atoms with E-state index in [4.69, 9.17) is 0 Å². The molecule has 106 valence electrons. The second-order valence-corrected chi connectivity index (χ2v) is 6.17. The van der Waals surface area contributed by atoms with Crippen molar-refractivity contribution in [2.75, 3.05) is 20.6 Å². The fourth-order valence-corrected chi connectivity index (χ4v) is 1.97. The van der Waals surface area contributed by atoms with Crippen LogP contribution in [0.1, 0.15) is 37.5 Å². The predicted molar refractivity (Wildman–Crippen MR) is 80.3 cm³/mol. The first-order valence-electron chi connectivity index (χ1n) is 6.74. The van der Waals surface area contributed by atoms with Gasteiger partial charge in [-0.25, -0.2) is 0 Å². The average molecular weight is 262 g/mol. The fraction of sp³-hybridized carbons (Fsp3) is 0.562. The van der Waals surface area contributed by atoms with Gasteiger partial charge in [-0.3, -0.25) is 4.79 Å². The molecule has 0 atom stereocenters. The molecule has 0 saturated heterocycles. The Labute approximate surface area is 117 Å². The van der Waals surface area contributed by atoms with Gasteiger partial charge < -0.3 is 10.2 Å². The Morgan fingerprint density at radius 2 is 1.95 bits per heavy atom. The molecule has 0 bridgehead atoms. The van der Waals surface area contributed by atoms with Crippen LogP contribution < -0.4 is 5.32 Å². The van der Waals surface area contributed by atoms with E-state index in [1.54, 1.807) is 11.9 Å². The summed E-state index contributed by atoms with van der Waals surface area (Å²) in [6, 6.07) is 6.53. The van der Waals surface area contributed by atoms with E-state index >= 15 is 0 Å². The number of carbonyl (C=O) groups is 1. The third kappa shape index (κ3) is 4.35. The van der Waals surface area contributed by atoms with Crippen molar-refractivity contribution in [2.24, 2.45) is 0 Å². The van der Waals surface area contributed by atoms with E-state index in [1.165, 1.54) is 16.7 Å². The zero-order valence-electron chi connectivity index (χ0n) is 13.0. The first-order valence-corrected chi connectivity index (χ1v) is 6.74. The minimum atomic E-state index is 0.113. The van der Waals surface area contributed by atoms with Gasteiger partial charge in [-0.05, 0) is 36.1 Å². The molecule has 0 aromatic heterocycles. The lowest BCUT2D eigenvalue weighted by atomic mass is 9.85. The van der Waals surface area contributed by atoms with Crippen LogP contribution in [0.5, 0.6) is 0 Å². The summed E-state index contributed by atoms with van der Waals surface area (Å²) in [5.41, 5.74) is 3.95. The SMILES string of the molecule is CNCC(=O)N(C)Cc1ccc(C(C)(C)C)cc1C. The Hall–Kier alpha value is -1.35. The topological polar surface area (TPSA) is 32.3 Å². The normalized spacial score (nSPS) is 11.5. The van der Waals surface area contributed by atoms with Crippen LogP contribution in [-0.2, 0) is 16.8 Å². The van der Waals surface area contributed by atoms with Crippen molar-refractivity contribution in [1.29, 1.82) is 0 Å². The molecule has 3 nitrogen and oxygen atoms in total. The van der Waals surface area contributed by atoms with Crippen LogP contribution in [0.3, 0.4) is 0 Å². The van der Waals surface area contributed by atoms with Gasteiger partial charge in [-0.15, -0.1) is 0 Å². The molecule has 0 spiro atoms. The minimum Gasteiger partial charge on any atom is -0.340 e. The Morgan fingerprint density at radius 1 is 1.32 bits per heavy atom. The first-order chi connectivity index (χ1) is 8.75. The maximum Gasteiger partial charge on any atom is 0.236 e. The molecular weight excluding hydrogens is 236 g/mol. The molecule has 0 radical (unpaired) electrons. The Balaban J connectivity index is 2.83. The molecule has 0 unspecified atom stereocenters. The van der Waals surface area contributed by atoms with Crippen LogP contribution in [0.4, 0.5) is 0 Å². The van der Waals surface area contributed by atoms with Crippen LogP contribution in [0.25, 0.3) is 0 Å². The second-order valence-electron chi connectivity index (χ2n) is 6.17. The molecule has 1 N–H and O–H groups in total. The molecule has 1 rings (SSSR count). The number of aryl methyl sites for hydroxylation is 1. The van der Waals surface area contributed by atoms with E-state index in [1.807, 2.05) is 7.05 Å². The predicted octanol–water partition coefficient (Wildman–Crippen LogP) is 2.47. The lowest BCUT2D eigenvalue weighted by molar-refractivity contribution is -0.129. The highest BCUT2D eigenvalue weighted by Crippen LogP contribution is 2.24. The summed E-state index contributed by atoms with van der Waals surface area (Å²) in [6.07, 6.45) is 0. The van der Waals surface area contributed by atoms with E-state index in [0.29, 0.717) is 13.1 Å². The molecule has 1 amide bonds. The highest BCUT2D eigenvalue weighted by atomic mass is 16.2. The van der Waals surface area contributed by atoms with Crippen LogP contribution in [0, 0.1) is 6.92 Å². The summed E-state index contributed by atoms with van der Waals surface area (Å²) in [7, 11) is 3.63. The van der Waals surface area contributed by atoms with Gasteiger partial charge in [0.1, 0.15) is 0 Å². The van der Waals surface area contributed by atoms with Crippen molar-refractivity contribution < 1.29 is 4.79 Å². The van der Waals surface area contributed by atoms with Gasteiger partial charge in [0.05, 0.1) is 6.54 Å². The van der Waals surface area contributed by atoms with Crippen molar-refractivity contribution in [3.63, 3.8) is 0 Å². The average Bonchev–Trinajstić information content (AvgIpc) is 2.30. The van der Waals surface area contributed by atoms with Gasteiger partial charge in [0.15, 0.2) is 0 Å². The maximum absolute atomic E-state index is 11.7. The highest BCUT2D eigenvalue weighted by Gasteiger charge is 2.15. The summed E-state index contributed by atoms with van der Waals surface area (Å²) in [5.74, 6) is 0.113. The van der Waals surface area contributed by atoms with Crippen LogP contribution >= 0.6 is 0 Å². The van der Waals surface area contributed by atoms with E-state index in [-0.39, 0.29) is 11.3 Å². The number of hydrogen-bond donors (Lipinski definition) is 1. The van der Waals surface area contributed by atoms with Gasteiger partial charge in [0.25, 0.3) is 0 Å². The Bertz CT molecular complexity index is 447. The molecule has 0 aliphatic rings. The minimum absolute atomic E-state index is 0.113. The van der Waals surface area contributed by atoms with Crippen LogP contribution in [0.2, 0.25) is 0 Å². The number of amides is 1. The standard InChI is InChI=1S/C16H26N2O/c1-12-9-14(16(2,3)4)8-7-13(12)11-18(6)15(19)10-17-5/h7-9,17H,10-11H2,1-6H3. The van der Waals surface area contributed by atoms with Crippen molar-refractivity contribution in [2.45, 2.75) is 39.7 Å². The number of nitrogens with zero attached hydrogens (tertiary/aromatic N) is 1. The monoisotopic (exact) mass is 262 g/mol. The van der Waals surface area contributed by atoms with E-state index in [0.717, 1.165) is 0 Å². The molecule has 0 aliphatic carbocycles. The Morgan fingerprint density at radius 3 is 2.42 bits per heavy atom.